The van der Waals surface area contributed by atoms with Gasteiger partial charge in [-0.2, -0.15) is 0 Å². The van der Waals surface area contributed by atoms with Crippen LogP contribution in [0.4, 0.5) is 0 Å². The highest BCUT2D eigenvalue weighted by Crippen LogP contribution is 2.24. The Morgan fingerprint density at radius 3 is 2.32 bits per heavy atom. The molecule has 0 saturated carbocycles. The van der Waals surface area contributed by atoms with Gasteiger partial charge in [0.25, 0.3) is 0 Å². The van der Waals surface area contributed by atoms with E-state index in [4.69, 9.17) is 0 Å². The van der Waals surface area contributed by atoms with Gasteiger partial charge in [-0.3, -0.25) is 4.79 Å². The van der Waals surface area contributed by atoms with Crippen LogP contribution in [0.3, 0.4) is 0 Å². The molecule has 0 aliphatic rings. The van der Waals surface area contributed by atoms with Gasteiger partial charge < -0.3 is 5.11 Å². The third-order valence-electron chi connectivity index (χ3n) is 3.30. The SMILES string of the molecule is O=C(/C=C/c1ccc(O)cc1)c1ccc(-c2cccs2)cc1. The van der Waals surface area contributed by atoms with Gasteiger partial charge in [0.05, 0.1) is 0 Å². The third-order valence-corrected chi connectivity index (χ3v) is 4.21. The molecular formula is C19H14O2S. The van der Waals surface area contributed by atoms with Crippen molar-refractivity contribution in [1.29, 1.82) is 0 Å². The second-order valence-corrected chi connectivity index (χ2v) is 5.79. The van der Waals surface area contributed by atoms with Gasteiger partial charge in [0, 0.05) is 10.4 Å². The molecule has 3 aromatic rings. The molecule has 1 heterocycles. The van der Waals surface area contributed by atoms with Crippen LogP contribution in [0.25, 0.3) is 16.5 Å². The number of phenolic OH excluding ortho intramolecular Hbond substituents is 1. The van der Waals surface area contributed by atoms with Crippen LogP contribution in [-0.4, -0.2) is 10.9 Å². The summed E-state index contributed by atoms with van der Waals surface area (Å²) in [5.74, 6) is 0.179. The van der Waals surface area contributed by atoms with Gasteiger partial charge >= 0.3 is 0 Å². The molecule has 0 aliphatic heterocycles. The molecule has 1 aromatic heterocycles. The molecule has 2 nitrogen and oxygen atoms in total. The van der Waals surface area contributed by atoms with E-state index in [1.54, 1.807) is 47.8 Å². The van der Waals surface area contributed by atoms with Crippen LogP contribution in [0, 0.1) is 0 Å². The molecule has 3 heteroatoms. The van der Waals surface area contributed by atoms with Crippen molar-refractivity contribution in [2.75, 3.05) is 0 Å². The molecule has 1 N–H and O–H groups in total. The molecule has 3 rings (SSSR count). The first kappa shape index (κ1) is 14.3. The smallest absolute Gasteiger partial charge is 0.185 e. The van der Waals surface area contributed by atoms with Crippen LogP contribution in [-0.2, 0) is 0 Å². The normalized spacial score (nSPS) is 10.9. The molecular weight excluding hydrogens is 292 g/mol. The molecule has 0 fully saturated rings. The number of aromatic hydroxyl groups is 1. The van der Waals surface area contributed by atoms with Crippen LogP contribution < -0.4 is 0 Å². The lowest BCUT2D eigenvalue weighted by Crippen LogP contribution is -1.93. The summed E-state index contributed by atoms with van der Waals surface area (Å²) in [5, 5.41) is 11.3. The number of carbonyl (C=O) groups excluding carboxylic acids is 1. The van der Waals surface area contributed by atoms with E-state index < -0.39 is 0 Å². The molecule has 0 bridgehead atoms. The van der Waals surface area contributed by atoms with Gasteiger partial charge in [0.15, 0.2) is 5.78 Å². The molecule has 22 heavy (non-hydrogen) atoms. The Morgan fingerprint density at radius 2 is 1.68 bits per heavy atom. The number of benzene rings is 2. The van der Waals surface area contributed by atoms with Crippen molar-refractivity contribution in [2.45, 2.75) is 0 Å². The fraction of sp³-hybridized carbons (Fsp3) is 0. The number of thiophene rings is 1. The molecule has 108 valence electrons. The second-order valence-electron chi connectivity index (χ2n) is 4.84. The standard InChI is InChI=1S/C19H14O2S/c20-17-10-3-14(4-11-17)5-12-18(21)15-6-8-16(9-7-15)19-2-1-13-22-19/h1-13,20H/b12-5+. The molecule has 0 spiro atoms. The number of carbonyl (C=O) groups is 1. The summed E-state index contributed by atoms with van der Waals surface area (Å²) >= 11 is 1.68. The van der Waals surface area contributed by atoms with Gasteiger partial charge in [-0.1, -0.05) is 48.5 Å². The number of allylic oxidation sites excluding steroid dienone is 1. The summed E-state index contributed by atoms with van der Waals surface area (Å²) in [5.41, 5.74) is 2.66. The van der Waals surface area contributed by atoms with Gasteiger partial charge in [-0.15, -0.1) is 11.3 Å². The van der Waals surface area contributed by atoms with E-state index in [9.17, 15) is 9.90 Å². The van der Waals surface area contributed by atoms with Crippen molar-refractivity contribution < 1.29 is 9.90 Å². The van der Waals surface area contributed by atoms with Crippen molar-refractivity contribution in [2.24, 2.45) is 0 Å². The van der Waals surface area contributed by atoms with Crippen molar-refractivity contribution in [3.05, 3.63) is 83.2 Å². The maximum atomic E-state index is 12.1. The van der Waals surface area contributed by atoms with Crippen molar-refractivity contribution in [3.63, 3.8) is 0 Å². The summed E-state index contributed by atoms with van der Waals surface area (Å²) in [7, 11) is 0. The molecule has 0 atom stereocenters. The number of rotatable bonds is 4. The van der Waals surface area contributed by atoms with Crippen molar-refractivity contribution in [1.82, 2.24) is 0 Å². The van der Waals surface area contributed by atoms with Crippen LogP contribution in [0.5, 0.6) is 5.75 Å². The lowest BCUT2D eigenvalue weighted by molar-refractivity contribution is 0.104. The van der Waals surface area contributed by atoms with Crippen LogP contribution in [0.1, 0.15) is 15.9 Å². The van der Waals surface area contributed by atoms with Crippen LogP contribution in [0.2, 0.25) is 0 Å². The summed E-state index contributed by atoms with van der Waals surface area (Å²) < 4.78 is 0. The maximum Gasteiger partial charge on any atom is 0.185 e. The molecule has 0 aliphatic carbocycles. The highest BCUT2D eigenvalue weighted by atomic mass is 32.1. The van der Waals surface area contributed by atoms with Gasteiger partial charge in [0.1, 0.15) is 5.75 Å². The Hall–Kier alpha value is -2.65. The number of ketones is 1. The number of hydrogen-bond donors (Lipinski definition) is 1. The predicted molar refractivity (Wildman–Crippen MR) is 91.2 cm³/mol. The number of hydrogen-bond acceptors (Lipinski definition) is 3. The predicted octanol–water partition coefficient (Wildman–Crippen LogP) is 5.02. The monoisotopic (exact) mass is 306 g/mol. The zero-order valence-electron chi connectivity index (χ0n) is 11.8. The zero-order valence-corrected chi connectivity index (χ0v) is 12.6. The van der Waals surface area contributed by atoms with E-state index in [-0.39, 0.29) is 11.5 Å². The Morgan fingerprint density at radius 1 is 0.955 bits per heavy atom. The first-order valence-corrected chi connectivity index (χ1v) is 7.76. The van der Waals surface area contributed by atoms with Gasteiger partial charge in [-0.05, 0) is 40.8 Å². The first-order chi connectivity index (χ1) is 10.7. The van der Waals surface area contributed by atoms with Gasteiger partial charge in [-0.25, -0.2) is 0 Å². The fourth-order valence-electron chi connectivity index (χ4n) is 2.10. The molecule has 0 amide bonds. The summed E-state index contributed by atoms with van der Waals surface area (Å²) in [4.78, 5) is 13.3. The van der Waals surface area contributed by atoms with Gasteiger partial charge in [0.2, 0.25) is 0 Å². The molecule has 2 aromatic carbocycles. The quantitative estimate of drug-likeness (QED) is 0.543. The van der Waals surface area contributed by atoms with E-state index in [1.807, 2.05) is 35.7 Å². The zero-order chi connectivity index (χ0) is 15.4. The highest BCUT2D eigenvalue weighted by molar-refractivity contribution is 7.13. The van der Waals surface area contributed by atoms with Crippen LogP contribution >= 0.6 is 11.3 Å². The lowest BCUT2D eigenvalue weighted by Gasteiger charge is -2.00. The Balaban J connectivity index is 1.73. The average molecular weight is 306 g/mol. The summed E-state index contributed by atoms with van der Waals surface area (Å²) in [6.07, 6.45) is 3.29. The molecule has 0 unspecified atom stereocenters. The Kier molecular flexibility index (Phi) is 4.17. The van der Waals surface area contributed by atoms with E-state index in [0.717, 1.165) is 11.1 Å². The second kappa shape index (κ2) is 6.41. The summed E-state index contributed by atoms with van der Waals surface area (Å²) in [6.45, 7) is 0. The fourth-order valence-corrected chi connectivity index (χ4v) is 2.83. The topological polar surface area (TPSA) is 37.3 Å². The highest BCUT2D eigenvalue weighted by Gasteiger charge is 2.03. The number of phenols is 1. The third kappa shape index (κ3) is 3.32. The Labute approximate surface area is 133 Å². The molecule has 0 radical (unpaired) electrons. The van der Waals surface area contributed by atoms with E-state index in [2.05, 4.69) is 6.07 Å². The van der Waals surface area contributed by atoms with E-state index >= 15 is 0 Å². The van der Waals surface area contributed by atoms with Crippen molar-refractivity contribution >= 4 is 23.2 Å². The minimum absolute atomic E-state index is 0.0363. The summed E-state index contributed by atoms with van der Waals surface area (Å²) in [6, 6.07) is 18.4. The lowest BCUT2D eigenvalue weighted by atomic mass is 10.1. The minimum atomic E-state index is -0.0363. The largest absolute Gasteiger partial charge is 0.508 e. The molecule has 0 saturated heterocycles. The minimum Gasteiger partial charge on any atom is -0.508 e. The average Bonchev–Trinajstić information content (AvgIpc) is 3.09. The van der Waals surface area contributed by atoms with Crippen molar-refractivity contribution in [3.8, 4) is 16.2 Å². The van der Waals surface area contributed by atoms with Crippen LogP contribution in [0.15, 0.2) is 72.1 Å². The Bertz CT molecular complexity index is 782. The maximum absolute atomic E-state index is 12.1. The van der Waals surface area contributed by atoms with E-state index in [0.29, 0.717) is 5.56 Å². The first-order valence-electron chi connectivity index (χ1n) is 6.88. The van der Waals surface area contributed by atoms with E-state index in [1.165, 1.54) is 4.88 Å².